The molecule has 14 heavy (non-hydrogen) atoms. The molecule has 1 saturated carbocycles. The maximum atomic E-state index is 4.77. The minimum Gasteiger partial charge on any atom is -0.362 e. The van der Waals surface area contributed by atoms with E-state index >= 15 is 0 Å². The molecule has 3 heteroatoms. The first-order valence-corrected chi connectivity index (χ1v) is 6.36. The summed E-state index contributed by atoms with van der Waals surface area (Å²) < 4.78 is 0. The Bertz CT molecular complexity index is 248. The lowest BCUT2D eigenvalue weighted by Gasteiger charge is -2.27. The van der Waals surface area contributed by atoms with Crippen molar-refractivity contribution in [1.29, 1.82) is 0 Å². The van der Waals surface area contributed by atoms with E-state index in [1.54, 1.807) is 0 Å². The standard InChI is InChI=1S/C11H20N2S/c1-7-5-8(2)14-10(12-7)13-9-6-11(9,3)4/h7-9H,5-6H2,1-4H3,(H,12,13). The Balaban J connectivity index is 1.97. The van der Waals surface area contributed by atoms with Gasteiger partial charge in [0.15, 0.2) is 5.17 Å². The molecular formula is C11H20N2S. The number of rotatable bonds is 1. The van der Waals surface area contributed by atoms with E-state index in [1.807, 2.05) is 11.8 Å². The third-order valence-electron chi connectivity index (χ3n) is 3.10. The Hall–Kier alpha value is -0.180. The van der Waals surface area contributed by atoms with Gasteiger partial charge in [0, 0.05) is 11.3 Å². The number of nitrogens with one attached hydrogen (secondary N) is 1. The third kappa shape index (κ3) is 2.25. The zero-order valence-electron chi connectivity index (χ0n) is 9.50. The van der Waals surface area contributed by atoms with E-state index in [2.05, 4.69) is 33.0 Å². The fourth-order valence-corrected chi connectivity index (χ4v) is 3.13. The molecule has 1 aliphatic carbocycles. The molecule has 0 aromatic heterocycles. The van der Waals surface area contributed by atoms with E-state index in [-0.39, 0.29) is 0 Å². The van der Waals surface area contributed by atoms with E-state index in [0.29, 0.717) is 22.7 Å². The average molecular weight is 212 g/mol. The van der Waals surface area contributed by atoms with Crippen molar-refractivity contribution in [2.45, 2.75) is 57.9 Å². The van der Waals surface area contributed by atoms with E-state index in [9.17, 15) is 0 Å². The Kier molecular flexibility index (Phi) is 2.54. The van der Waals surface area contributed by atoms with E-state index < -0.39 is 0 Å². The van der Waals surface area contributed by atoms with Crippen LogP contribution in [-0.2, 0) is 0 Å². The molecule has 80 valence electrons. The molecular weight excluding hydrogens is 192 g/mol. The Morgan fingerprint density at radius 3 is 2.57 bits per heavy atom. The highest BCUT2D eigenvalue weighted by atomic mass is 32.2. The molecule has 0 radical (unpaired) electrons. The van der Waals surface area contributed by atoms with Gasteiger partial charge in [0.05, 0.1) is 6.04 Å². The molecule has 1 N–H and O–H groups in total. The topological polar surface area (TPSA) is 24.4 Å². The quantitative estimate of drug-likeness (QED) is 0.722. The molecule has 0 amide bonds. The summed E-state index contributed by atoms with van der Waals surface area (Å²) in [5.41, 5.74) is 0.458. The van der Waals surface area contributed by atoms with E-state index in [0.717, 1.165) is 0 Å². The monoisotopic (exact) mass is 212 g/mol. The molecule has 0 spiro atoms. The second kappa shape index (κ2) is 3.44. The maximum absolute atomic E-state index is 4.77. The van der Waals surface area contributed by atoms with Gasteiger partial charge in [0.25, 0.3) is 0 Å². The van der Waals surface area contributed by atoms with Crippen molar-refractivity contribution in [3.8, 4) is 0 Å². The number of amidine groups is 1. The van der Waals surface area contributed by atoms with E-state index in [1.165, 1.54) is 18.0 Å². The summed E-state index contributed by atoms with van der Waals surface area (Å²) in [5.74, 6) is 0. The first-order valence-electron chi connectivity index (χ1n) is 5.48. The zero-order chi connectivity index (χ0) is 10.3. The third-order valence-corrected chi connectivity index (χ3v) is 4.14. The number of aliphatic imine (C=N–C) groups is 1. The van der Waals surface area contributed by atoms with Gasteiger partial charge in [0.1, 0.15) is 0 Å². The molecule has 0 bridgehead atoms. The predicted molar refractivity (Wildman–Crippen MR) is 63.9 cm³/mol. The summed E-state index contributed by atoms with van der Waals surface area (Å²) in [6.45, 7) is 9.11. The van der Waals surface area contributed by atoms with Crippen molar-refractivity contribution in [2.75, 3.05) is 0 Å². The summed E-state index contributed by atoms with van der Waals surface area (Å²) in [7, 11) is 0. The Morgan fingerprint density at radius 2 is 2.07 bits per heavy atom. The van der Waals surface area contributed by atoms with Crippen LogP contribution in [0.5, 0.6) is 0 Å². The molecule has 3 unspecified atom stereocenters. The van der Waals surface area contributed by atoms with Crippen molar-refractivity contribution in [3.05, 3.63) is 0 Å². The second-order valence-electron chi connectivity index (χ2n) is 5.35. The number of hydrogen-bond donors (Lipinski definition) is 1. The summed E-state index contributed by atoms with van der Waals surface area (Å²) in [6, 6.07) is 1.15. The molecule has 1 heterocycles. The van der Waals surface area contributed by atoms with Gasteiger partial charge in [-0.2, -0.15) is 0 Å². The molecule has 2 aliphatic rings. The van der Waals surface area contributed by atoms with Gasteiger partial charge in [-0.3, -0.25) is 4.99 Å². The van der Waals surface area contributed by atoms with Gasteiger partial charge in [-0.1, -0.05) is 32.5 Å². The first kappa shape index (κ1) is 10.3. The number of thioether (sulfide) groups is 1. The molecule has 0 aromatic carbocycles. The molecule has 1 saturated heterocycles. The van der Waals surface area contributed by atoms with Crippen molar-refractivity contribution in [2.24, 2.45) is 10.4 Å². The van der Waals surface area contributed by atoms with Crippen LogP contribution in [0, 0.1) is 5.41 Å². The van der Waals surface area contributed by atoms with Crippen LogP contribution in [0.1, 0.15) is 40.5 Å². The fourth-order valence-electron chi connectivity index (χ4n) is 1.91. The normalized spacial score (nSPS) is 43.4. The van der Waals surface area contributed by atoms with Crippen LogP contribution >= 0.6 is 11.8 Å². The van der Waals surface area contributed by atoms with Crippen LogP contribution in [0.25, 0.3) is 0 Å². The van der Waals surface area contributed by atoms with Gasteiger partial charge in [-0.25, -0.2) is 0 Å². The highest BCUT2D eigenvalue weighted by Crippen LogP contribution is 2.47. The van der Waals surface area contributed by atoms with Gasteiger partial charge >= 0.3 is 0 Å². The average Bonchev–Trinajstić information content (AvgIpc) is 2.55. The minimum atomic E-state index is 0.458. The van der Waals surface area contributed by atoms with Crippen molar-refractivity contribution in [3.63, 3.8) is 0 Å². The van der Waals surface area contributed by atoms with Crippen LogP contribution < -0.4 is 5.32 Å². The lowest BCUT2D eigenvalue weighted by Crippen LogP contribution is -2.38. The van der Waals surface area contributed by atoms with Crippen LogP contribution in [-0.4, -0.2) is 22.5 Å². The van der Waals surface area contributed by atoms with Crippen LogP contribution in [0.15, 0.2) is 4.99 Å². The van der Waals surface area contributed by atoms with Gasteiger partial charge < -0.3 is 5.32 Å². The molecule has 0 aromatic rings. The smallest absolute Gasteiger partial charge is 0.157 e. The Morgan fingerprint density at radius 1 is 1.43 bits per heavy atom. The fraction of sp³-hybridized carbons (Fsp3) is 0.909. The molecule has 2 rings (SSSR count). The predicted octanol–water partition coefficient (Wildman–Crippen LogP) is 2.64. The van der Waals surface area contributed by atoms with Gasteiger partial charge in [-0.05, 0) is 25.2 Å². The number of hydrogen-bond acceptors (Lipinski definition) is 2. The van der Waals surface area contributed by atoms with Crippen LogP contribution in [0.4, 0.5) is 0 Å². The van der Waals surface area contributed by atoms with Crippen molar-refractivity contribution in [1.82, 2.24) is 5.32 Å². The van der Waals surface area contributed by atoms with Crippen molar-refractivity contribution < 1.29 is 0 Å². The minimum absolute atomic E-state index is 0.458. The first-order chi connectivity index (χ1) is 6.47. The molecule has 2 nitrogen and oxygen atoms in total. The highest BCUT2D eigenvalue weighted by molar-refractivity contribution is 8.14. The largest absolute Gasteiger partial charge is 0.362 e. The summed E-state index contributed by atoms with van der Waals surface area (Å²) >= 11 is 1.90. The highest BCUT2D eigenvalue weighted by Gasteiger charge is 2.46. The summed E-state index contributed by atoms with van der Waals surface area (Å²) in [5, 5.41) is 5.36. The van der Waals surface area contributed by atoms with Crippen LogP contribution in [0.3, 0.4) is 0 Å². The van der Waals surface area contributed by atoms with Crippen molar-refractivity contribution >= 4 is 16.9 Å². The zero-order valence-corrected chi connectivity index (χ0v) is 10.3. The SMILES string of the molecule is CC1CC(C)SC(=NC2CC2(C)C)N1. The second-order valence-corrected chi connectivity index (χ2v) is 6.78. The summed E-state index contributed by atoms with van der Waals surface area (Å²) in [6.07, 6.45) is 2.50. The Labute approximate surface area is 90.9 Å². The maximum Gasteiger partial charge on any atom is 0.157 e. The lowest BCUT2D eigenvalue weighted by molar-refractivity contribution is 0.589. The van der Waals surface area contributed by atoms with Gasteiger partial charge in [0.2, 0.25) is 0 Å². The van der Waals surface area contributed by atoms with E-state index in [4.69, 9.17) is 4.99 Å². The molecule has 2 fully saturated rings. The van der Waals surface area contributed by atoms with Gasteiger partial charge in [-0.15, -0.1) is 0 Å². The lowest BCUT2D eigenvalue weighted by atomic mass is 10.2. The summed E-state index contributed by atoms with van der Waals surface area (Å²) in [4.78, 5) is 4.77. The number of nitrogens with zero attached hydrogens (tertiary/aromatic N) is 1. The molecule has 3 atom stereocenters. The van der Waals surface area contributed by atoms with Crippen LogP contribution in [0.2, 0.25) is 0 Å². The molecule has 1 aliphatic heterocycles.